The van der Waals surface area contributed by atoms with E-state index in [1.165, 1.54) is 0 Å². The first-order valence-electron chi connectivity index (χ1n) is 5.70. The molecule has 3 heteroatoms. The van der Waals surface area contributed by atoms with Crippen LogP contribution in [0.1, 0.15) is 25.8 Å². The number of rotatable bonds is 6. The molecule has 0 heterocycles. The van der Waals surface area contributed by atoms with Crippen molar-refractivity contribution in [1.29, 1.82) is 0 Å². The van der Waals surface area contributed by atoms with Gasteiger partial charge in [0.2, 0.25) is 0 Å². The van der Waals surface area contributed by atoms with E-state index in [0.717, 1.165) is 18.5 Å². The number of benzene rings is 1. The van der Waals surface area contributed by atoms with Crippen LogP contribution in [0.5, 0.6) is 11.5 Å². The highest BCUT2D eigenvalue weighted by Gasteiger charge is 2.06. The van der Waals surface area contributed by atoms with Crippen molar-refractivity contribution in [2.75, 3.05) is 13.7 Å². The topological polar surface area (TPSA) is 41.5 Å². The molecule has 3 nitrogen and oxygen atoms in total. The fourth-order valence-electron chi connectivity index (χ4n) is 1.49. The molecule has 0 aliphatic carbocycles. The zero-order valence-corrected chi connectivity index (χ0v) is 10.3. The Morgan fingerprint density at radius 3 is 2.75 bits per heavy atom. The van der Waals surface area contributed by atoms with Crippen molar-refractivity contribution in [2.24, 2.45) is 5.92 Å². The number of methoxy groups -OCH3 is 1. The van der Waals surface area contributed by atoms with Crippen LogP contribution in [-0.2, 0) is 6.54 Å². The number of phenols is 1. The molecule has 0 aliphatic heterocycles. The number of hydrogen-bond acceptors (Lipinski definition) is 3. The van der Waals surface area contributed by atoms with Gasteiger partial charge in [0, 0.05) is 12.1 Å². The number of aromatic hydroxyl groups is 1. The van der Waals surface area contributed by atoms with Crippen LogP contribution in [0, 0.1) is 5.92 Å². The minimum absolute atomic E-state index is 0.238. The van der Waals surface area contributed by atoms with Crippen molar-refractivity contribution in [2.45, 2.75) is 26.8 Å². The molecule has 1 aromatic carbocycles. The van der Waals surface area contributed by atoms with Gasteiger partial charge in [0.15, 0.2) is 11.5 Å². The Bertz CT molecular complexity index is 324. The van der Waals surface area contributed by atoms with Gasteiger partial charge in [-0.1, -0.05) is 26.0 Å². The van der Waals surface area contributed by atoms with E-state index in [1.807, 2.05) is 12.1 Å². The molecular weight excluding hydrogens is 202 g/mol. The summed E-state index contributed by atoms with van der Waals surface area (Å²) in [6.45, 7) is 6.04. The molecule has 0 amide bonds. The molecule has 0 spiro atoms. The first-order valence-corrected chi connectivity index (χ1v) is 5.70. The van der Waals surface area contributed by atoms with E-state index < -0.39 is 0 Å². The maximum Gasteiger partial charge on any atom is 0.162 e. The first-order chi connectivity index (χ1) is 7.65. The van der Waals surface area contributed by atoms with Crippen LogP contribution in [0.3, 0.4) is 0 Å². The molecule has 1 aromatic rings. The van der Waals surface area contributed by atoms with Crippen LogP contribution in [-0.4, -0.2) is 18.8 Å². The second-order valence-electron chi connectivity index (χ2n) is 4.33. The van der Waals surface area contributed by atoms with Gasteiger partial charge in [0.1, 0.15) is 0 Å². The van der Waals surface area contributed by atoms with E-state index in [-0.39, 0.29) is 5.75 Å². The molecule has 0 aliphatic rings. The van der Waals surface area contributed by atoms with E-state index in [2.05, 4.69) is 19.2 Å². The van der Waals surface area contributed by atoms with Gasteiger partial charge in [-0.05, 0) is 24.9 Å². The summed E-state index contributed by atoms with van der Waals surface area (Å²) in [7, 11) is 1.56. The van der Waals surface area contributed by atoms with Gasteiger partial charge in [0.25, 0.3) is 0 Å². The summed E-state index contributed by atoms with van der Waals surface area (Å²) in [4.78, 5) is 0. The van der Waals surface area contributed by atoms with Gasteiger partial charge in [0.05, 0.1) is 7.11 Å². The van der Waals surface area contributed by atoms with Crippen LogP contribution in [0.2, 0.25) is 0 Å². The number of phenolic OH excluding ortho intramolecular Hbond substituents is 1. The quantitative estimate of drug-likeness (QED) is 0.728. The Labute approximate surface area is 97.4 Å². The van der Waals surface area contributed by atoms with E-state index in [9.17, 15) is 5.11 Å². The lowest BCUT2D eigenvalue weighted by Crippen LogP contribution is -2.16. The van der Waals surface area contributed by atoms with Crippen molar-refractivity contribution in [3.8, 4) is 11.5 Å². The standard InChI is InChI=1S/C13H21NO2/c1-10(2)7-8-14-9-11-5-4-6-12(16-3)13(11)15/h4-6,10,14-15H,7-9H2,1-3H3. The van der Waals surface area contributed by atoms with E-state index in [1.54, 1.807) is 13.2 Å². The second-order valence-corrected chi connectivity index (χ2v) is 4.33. The number of para-hydroxylation sites is 1. The number of hydrogen-bond donors (Lipinski definition) is 2. The van der Waals surface area contributed by atoms with E-state index >= 15 is 0 Å². The summed E-state index contributed by atoms with van der Waals surface area (Å²) in [5.74, 6) is 1.47. The smallest absolute Gasteiger partial charge is 0.162 e. The zero-order chi connectivity index (χ0) is 12.0. The average molecular weight is 223 g/mol. The van der Waals surface area contributed by atoms with Crippen LogP contribution < -0.4 is 10.1 Å². The molecule has 0 atom stereocenters. The molecule has 0 radical (unpaired) electrons. The Morgan fingerprint density at radius 1 is 1.38 bits per heavy atom. The summed E-state index contributed by atoms with van der Waals surface area (Å²) in [6.07, 6.45) is 1.14. The largest absolute Gasteiger partial charge is 0.504 e. The molecule has 1 rings (SSSR count). The number of ether oxygens (including phenoxy) is 1. The lowest BCUT2D eigenvalue weighted by molar-refractivity contribution is 0.369. The highest BCUT2D eigenvalue weighted by molar-refractivity contribution is 5.45. The second kappa shape index (κ2) is 6.38. The fraction of sp³-hybridized carbons (Fsp3) is 0.538. The van der Waals surface area contributed by atoms with E-state index in [4.69, 9.17) is 4.74 Å². The molecule has 0 saturated heterocycles. The van der Waals surface area contributed by atoms with Gasteiger partial charge in [-0.15, -0.1) is 0 Å². The highest BCUT2D eigenvalue weighted by atomic mass is 16.5. The van der Waals surface area contributed by atoms with Gasteiger partial charge < -0.3 is 15.2 Å². The third kappa shape index (κ3) is 3.74. The molecular formula is C13H21NO2. The lowest BCUT2D eigenvalue weighted by atomic mass is 10.1. The van der Waals surface area contributed by atoms with Crippen LogP contribution >= 0.6 is 0 Å². The summed E-state index contributed by atoms with van der Waals surface area (Å²) < 4.78 is 5.05. The summed E-state index contributed by atoms with van der Waals surface area (Å²) in [5, 5.41) is 13.1. The molecule has 0 aromatic heterocycles. The Morgan fingerprint density at radius 2 is 2.12 bits per heavy atom. The fourth-order valence-corrected chi connectivity index (χ4v) is 1.49. The summed E-state index contributed by atoms with van der Waals surface area (Å²) in [6, 6.07) is 5.55. The Hall–Kier alpha value is -1.22. The Kier molecular flexibility index (Phi) is 5.12. The van der Waals surface area contributed by atoms with Gasteiger partial charge in [-0.3, -0.25) is 0 Å². The zero-order valence-electron chi connectivity index (χ0n) is 10.3. The minimum atomic E-state index is 0.238. The molecule has 0 saturated carbocycles. The predicted octanol–water partition coefficient (Wildman–Crippen LogP) is 2.54. The Balaban J connectivity index is 2.47. The third-order valence-electron chi connectivity index (χ3n) is 2.52. The molecule has 0 fully saturated rings. The summed E-state index contributed by atoms with van der Waals surface area (Å²) in [5.41, 5.74) is 0.878. The monoisotopic (exact) mass is 223 g/mol. The van der Waals surface area contributed by atoms with Gasteiger partial charge in [-0.2, -0.15) is 0 Å². The van der Waals surface area contributed by atoms with Crippen LogP contribution in [0.4, 0.5) is 0 Å². The highest BCUT2D eigenvalue weighted by Crippen LogP contribution is 2.28. The third-order valence-corrected chi connectivity index (χ3v) is 2.52. The summed E-state index contributed by atoms with van der Waals surface area (Å²) >= 11 is 0. The van der Waals surface area contributed by atoms with Gasteiger partial charge in [-0.25, -0.2) is 0 Å². The van der Waals surface area contributed by atoms with Gasteiger partial charge >= 0.3 is 0 Å². The number of nitrogens with one attached hydrogen (secondary N) is 1. The predicted molar refractivity (Wildman–Crippen MR) is 65.8 cm³/mol. The first kappa shape index (κ1) is 12.8. The van der Waals surface area contributed by atoms with Crippen LogP contribution in [0.15, 0.2) is 18.2 Å². The van der Waals surface area contributed by atoms with Crippen LogP contribution in [0.25, 0.3) is 0 Å². The maximum atomic E-state index is 9.83. The molecule has 0 unspecified atom stereocenters. The van der Waals surface area contributed by atoms with Crippen molar-refractivity contribution in [3.63, 3.8) is 0 Å². The normalized spacial score (nSPS) is 10.8. The SMILES string of the molecule is COc1cccc(CNCCC(C)C)c1O. The maximum absolute atomic E-state index is 9.83. The van der Waals surface area contributed by atoms with Crippen molar-refractivity contribution < 1.29 is 9.84 Å². The van der Waals surface area contributed by atoms with Crippen molar-refractivity contribution in [1.82, 2.24) is 5.32 Å². The van der Waals surface area contributed by atoms with Crippen molar-refractivity contribution >= 4 is 0 Å². The molecule has 0 bridgehead atoms. The molecule has 16 heavy (non-hydrogen) atoms. The van der Waals surface area contributed by atoms with E-state index in [0.29, 0.717) is 18.2 Å². The minimum Gasteiger partial charge on any atom is -0.504 e. The molecule has 2 N–H and O–H groups in total. The molecule has 90 valence electrons. The van der Waals surface area contributed by atoms with Crippen molar-refractivity contribution in [3.05, 3.63) is 23.8 Å². The average Bonchev–Trinajstić information content (AvgIpc) is 2.26. The lowest BCUT2D eigenvalue weighted by Gasteiger charge is -2.10.